The molecule has 0 heterocycles. The molecule has 1 aromatic rings. The fourth-order valence-corrected chi connectivity index (χ4v) is 0.515. The Balaban J connectivity index is 0. The van der Waals surface area contributed by atoms with Gasteiger partial charge in [-0.2, -0.15) is 0 Å². The van der Waals surface area contributed by atoms with E-state index in [1.807, 2.05) is 0 Å². The van der Waals surface area contributed by atoms with Gasteiger partial charge in [-0.1, -0.05) is 0 Å². The molecule has 0 aromatic heterocycles. The first kappa shape index (κ1) is 22.0. The Labute approximate surface area is 122 Å². The highest BCUT2D eigenvalue weighted by Crippen LogP contribution is 2.19. The van der Waals surface area contributed by atoms with Crippen LogP contribution in [0.3, 0.4) is 0 Å². The third kappa shape index (κ3) is 12.2. The molecule has 7 N–H and O–H groups in total. The van der Waals surface area contributed by atoms with E-state index in [9.17, 15) is 8.78 Å². The van der Waals surface area contributed by atoms with Gasteiger partial charge in [0.25, 0.3) is 0 Å². The second-order valence-electron chi connectivity index (χ2n) is 5.13. The van der Waals surface area contributed by atoms with Crippen molar-refractivity contribution in [1.29, 1.82) is 0 Å². The van der Waals surface area contributed by atoms with Crippen LogP contribution in [0.2, 0.25) is 0 Å². The number of hydrogen-bond donors (Lipinski definition) is 6. The quantitative estimate of drug-likeness (QED) is 0.321. The molecule has 0 fully saturated rings. The topological polar surface area (TPSA) is 127 Å². The summed E-state index contributed by atoms with van der Waals surface area (Å²) in [6.07, 6.45) is 0. The maximum absolute atomic E-state index is 12.2. The minimum Gasteiger partial charge on any atom is -0.402 e. The lowest BCUT2D eigenvalue weighted by molar-refractivity contribution is -0.107. The lowest BCUT2D eigenvalue weighted by Crippen LogP contribution is -2.44. The molecule has 0 unspecified atom stereocenters. The maximum atomic E-state index is 12.2. The summed E-state index contributed by atoms with van der Waals surface area (Å²) in [6.45, 7) is 6.31. The van der Waals surface area contributed by atoms with Gasteiger partial charge in [-0.05, 0) is 45.9 Å². The molecule has 21 heavy (non-hydrogen) atoms. The minimum atomic E-state index is -2.17. The molecule has 0 bridgehead atoms. The molecule has 6 nitrogen and oxygen atoms in total. The summed E-state index contributed by atoms with van der Waals surface area (Å²) < 4.78 is 24.3. The third-order valence-electron chi connectivity index (χ3n) is 2.46. The van der Waals surface area contributed by atoms with Gasteiger partial charge in [0.05, 0.1) is 16.9 Å². The van der Waals surface area contributed by atoms with Crippen molar-refractivity contribution < 1.29 is 34.1 Å². The number of halogens is 2. The Kier molecular flexibility index (Phi) is 9.34. The Bertz CT molecular complexity index is 404. The molecule has 0 radical (unpaired) electrons. The molecular formula is C12H22BF2NO5. The predicted octanol–water partition coefficient (Wildman–Crippen LogP) is 0.0234. The summed E-state index contributed by atoms with van der Waals surface area (Å²) in [4.78, 5) is 0. The number of rotatable bonds is 1. The minimum absolute atomic E-state index is 0.157. The van der Waals surface area contributed by atoms with Crippen LogP contribution in [0, 0.1) is 11.6 Å². The molecule has 9 heteroatoms. The fourth-order valence-electron chi connectivity index (χ4n) is 0.515. The van der Waals surface area contributed by atoms with Crippen molar-refractivity contribution >= 4 is 13.0 Å². The van der Waals surface area contributed by atoms with E-state index in [2.05, 4.69) is 0 Å². The molecule has 0 saturated carbocycles. The molecule has 0 atom stereocenters. The number of aliphatic hydroxyl groups is 2. The van der Waals surface area contributed by atoms with Gasteiger partial charge in [0.15, 0.2) is 0 Å². The Morgan fingerprint density at radius 3 is 1.48 bits per heavy atom. The standard InChI is InChI=1S/C6H5F2N.C6H14O2.BH3O3/c7-4-1-2-5(8)6(9)3-4;1-5(2,7)6(3,4)8;2-1(3)4/h1-3H,9H2;7-8H,1-4H3;2-4H. The Hall–Kier alpha value is -1.26. The van der Waals surface area contributed by atoms with Gasteiger partial charge in [-0.15, -0.1) is 0 Å². The van der Waals surface area contributed by atoms with Crippen molar-refractivity contribution in [3.8, 4) is 0 Å². The lowest BCUT2D eigenvalue weighted by Gasteiger charge is -2.31. The smallest absolute Gasteiger partial charge is 0.402 e. The number of hydrogen-bond acceptors (Lipinski definition) is 6. The second-order valence-corrected chi connectivity index (χ2v) is 5.13. The van der Waals surface area contributed by atoms with Crippen LogP contribution in [0.15, 0.2) is 18.2 Å². The van der Waals surface area contributed by atoms with E-state index >= 15 is 0 Å². The first-order valence-corrected chi connectivity index (χ1v) is 5.88. The van der Waals surface area contributed by atoms with Gasteiger partial charge in [0.1, 0.15) is 11.6 Å². The van der Waals surface area contributed by atoms with Gasteiger partial charge in [-0.25, -0.2) is 8.78 Å². The molecular weight excluding hydrogens is 287 g/mol. The van der Waals surface area contributed by atoms with Crippen LogP contribution in [0.5, 0.6) is 0 Å². The molecule has 0 aliphatic rings. The normalized spacial score (nSPS) is 10.8. The van der Waals surface area contributed by atoms with E-state index in [1.54, 1.807) is 27.7 Å². The molecule has 0 spiro atoms. The van der Waals surface area contributed by atoms with Crippen LogP contribution in [0.25, 0.3) is 0 Å². The second kappa shape index (κ2) is 8.91. The van der Waals surface area contributed by atoms with Crippen molar-refractivity contribution in [2.75, 3.05) is 5.73 Å². The maximum Gasteiger partial charge on any atom is 0.631 e. The van der Waals surface area contributed by atoms with Gasteiger partial charge in [0.2, 0.25) is 0 Å². The van der Waals surface area contributed by atoms with Gasteiger partial charge in [0, 0.05) is 0 Å². The van der Waals surface area contributed by atoms with Crippen molar-refractivity contribution in [1.82, 2.24) is 0 Å². The summed E-state index contributed by atoms with van der Waals surface area (Å²) >= 11 is 0. The first-order chi connectivity index (χ1) is 9.18. The average Bonchev–Trinajstić information content (AvgIpc) is 2.21. The SMILES string of the molecule is CC(C)(O)C(C)(C)O.Nc1cc(F)ccc1F.OB(O)O. The molecule has 0 amide bonds. The number of anilines is 1. The summed E-state index contributed by atoms with van der Waals surface area (Å²) in [5.74, 6) is -1.11. The summed E-state index contributed by atoms with van der Waals surface area (Å²) in [5.41, 5.74) is 2.83. The van der Waals surface area contributed by atoms with Gasteiger partial charge >= 0.3 is 7.32 Å². The zero-order chi connectivity index (χ0) is 17.4. The van der Waals surface area contributed by atoms with E-state index in [4.69, 9.17) is 31.0 Å². The average molecular weight is 309 g/mol. The van der Waals surface area contributed by atoms with Crippen LogP contribution in [-0.4, -0.2) is 43.8 Å². The van der Waals surface area contributed by atoms with E-state index in [1.165, 1.54) is 0 Å². The van der Waals surface area contributed by atoms with E-state index in [0.717, 1.165) is 18.2 Å². The highest BCUT2D eigenvalue weighted by atomic mass is 19.1. The molecule has 0 aliphatic heterocycles. The van der Waals surface area contributed by atoms with Crippen molar-refractivity contribution in [3.05, 3.63) is 29.8 Å². The van der Waals surface area contributed by atoms with Crippen LogP contribution in [-0.2, 0) is 0 Å². The monoisotopic (exact) mass is 309 g/mol. The number of benzene rings is 1. The number of nitrogen functional groups attached to an aromatic ring is 1. The van der Waals surface area contributed by atoms with E-state index in [0.29, 0.717) is 0 Å². The van der Waals surface area contributed by atoms with Gasteiger partial charge in [-0.3, -0.25) is 0 Å². The fraction of sp³-hybridized carbons (Fsp3) is 0.500. The van der Waals surface area contributed by atoms with E-state index < -0.39 is 30.2 Å². The third-order valence-corrected chi connectivity index (χ3v) is 2.46. The van der Waals surface area contributed by atoms with Crippen LogP contribution in [0.1, 0.15) is 27.7 Å². The van der Waals surface area contributed by atoms with Crippen LogP contribution >= 0.6 is 0 Å². The van der Waals surface area contributed by atoms with Crippen molar-refractivity contribution in [3.63, 3.8) is 0 Å². The zero-order valence-corrected chi connectivity index (χ0v) is 12.4. The zero-order valence-electron chi connectivity index (χ0n) is 12.4. The first-order valence-electron chi connectivity index (χ1n) is 5.88. The molecule has 0 aliphatic carbocycles. The Morgan fingerprint density at radius 1 is 0.952 bits per heavy atom. The number of nitrogens with two attached hydrogens (primary N) is 1. The molecule has 1 aromatic carbocycles. The largest absolute Gasteiger partial charge is 0.631 e. The predicted molar refractivity (Wildman–Crippen MR) is 75.8 cm³/mol. The molecule has 0 saturated heterocycles. The molecule has 122 valence electrons. The lowest BCUT2D eigenvalue weighted by atomic mass is 9.90. The highest BCUT2D eigenvalue weighted by Gasteiger charge is 2.31. The molecule has 1 rings (SSSR count). The Morgan fingerprint density at radius 2 is 1.29 bits per heavy atom. The van der Waals surface area contributed by atoms with Gasteiger partial charge < -0.3 is 31.0 Å². The highest BCUT2D eigenvalue weighted by molar-refractivity contribution is 6.30. The summed E-state index contributed by atoms with van der Waals surface area (Å²) in [6, 6.07) is 2.95. The summed E-state index contributed by atoms with van der Waals surface area (Å²) in [5, 5.41) is 39.7. The van der Waals surface area contributed by atoms with Crippen molar-refractivity contribution in [2.45, 2.75) is 38.9 Å². The van der Waals surface area contributed by atoms with Crippen LogP contribution < -0.4 is 5.73 Å². The van der Waals surface area contributed by atoms with E-state index in [-0.39, 0.29) is 5.69 Å². The van der Waals surface area contributed by atoms with Crippen molar-refractivity contribution in [2.24, 2.45) is 0 Å². The van der Waals surface area contributed by atoms with Crippen LogP contribution in [0.4, 0.5) is 14.5 Å². The summed E-state index contributed by atoms with van der Waals surface area (Å²) in [7, 11) is -2.17.